The lowest BCUT2D eigenvalue weighted by Crippen LogP contribution is -2.24. The van der Waals surface area contributed by atoms with Gasteiger partial charge in [-0.2, -0.15) is 0 Å². The van der Waals surface area contributed by atoms with Crippen molar-refractivity contribution >= 4 is 24.2 Å². The monoisotopic (exact) mass is 478 g/mol. The molecule has 35 heavy (non-hydrogen) atoms. The molecule has 3 aromatic rings. The zero-order valence-corrected chi connectivity index (χ0v) is 19.5. The summed E-state index contributed by atoms with van der Waals surface area (Å²) in [4.78, 5) is 27.2. The number of hydrogen-bond donors (Lipinski definition) is 1. The summed E-state index contributed by atoms with van der Waals surface area (Å²) in [5.41, 5.74) is 2.60. The molecule has 1 aliphatic rings. The summed E-state index contributed by atoms with van der Waals surface area (Å²) in [7, 11) is 3.10. The molecule has 1 aromatic heterocycles. The van der Waals surface area contributed by atoms with Crippen molar-refractivity contribution < 1.29 is 33.0 Å². The van der Waals surface area contributed by atoms with Crippen molar-refractivity contribution in [1.29, 1.82) is 0 Å². The largest absolute Gasteiger partial charge is 0.493 e. The van der Waals surface area contributed by atoms with Crippen molar-refractivity contribution in [2.75, 3.05) is 14.2 Å². The van der Waals surface area contributed by atoms with Gasteiger partial charge in [0.2, 0.25) is 11.6 Å². The second-order valence-electron chi connectivity index (χ2n) is 7.81. The first-order chi connectivity index (χ1) is 17.1. The Morgan fingerprint density at radius 3 is 2.46 bits per heavy atom. The first-order valence-electron chi connectivity index (χ1n) is 11.1. The SMILES string of the molecule is COc1cc(CCCC2OC(=O)NC2=O)cc(OC)c1OCc1coc(C=Cc2ccccc2)n1. The van der Waals surface area contributed by atoms with E-state index in [1.54, 1.807) is 26.6 Å². The third-order valence-electron chi connectivity index (χ3n) is 5.37. The molecule has 1 N–H and O–H groups in total. The van der Waals surface area contributed by atoms with Crippen LogP contribution >= 0.6 is 0 Å². The first kappa shape index (κ1) is 23.9. The second kappa shape index (κ2) is 11.2. The smallest absolute Gasteiger partial charge is 0.414 e. The van der Waals surface area contributed by atoms with Crippen LogP contribution in [0.2, 0.25) is 0 Å². The molecule has 2 heterocycles. The number of ether oxygens (including phenoxy) is 4. The van der Waals surface area contributed by atoms with Crippen molar-refractivity contribution in [3.8, 4) is 17.2 Å². The first-order valence-corrected chi connectivity index (χ1v) is 11.1. The number of methoxy groups -OCH3 is 2. The maximum Gasteiger partial charge on any atom is 0.414 e. The summed E-state index contributed by atoms with van der Waals surface area (Å²) in [5.74, 6) is 1.55. The number of aromatic nitrogens is 1. The molecule has 1 atom stereocenters. The van der Waals surface area contributed by atoms with Gasteiger partial charge in [0.1, 0.15) is 18.6 Å². The molecule has 1 fully saturated rings. The number of amides is 2. The van der Waals surface area contributed by atoms with Crippen LogP contribution in [0.5, 0.6) is 17.2 Å². The highest BCUT2D eigenvalue weighted by atomic mass is 16.6. The van der Waals surface area contributed by atoms with Gasteiger partial charge in [0, 0.05) is 6.08 Å². The van der Waals surface area contributed by atoms with Crippen LogP contribution < -0.4 is 19.5 Å². The lowest BCUT2D eigenvalue weighted by atomic mass is 10.0. The summed E-state index contributed by atoms with van der Waals surface area (Å²) in [6, 6.07) is 13.6. The third-order valence-corrected chi connectivity index (χ3v) is 5.37. The van der Waals surface area contributed by atoms with Gasteiger partial charge in [0.05, 0.1) is 14.2 Å². The Morgan fingerprint density at radius 2 is 1.80 bits per heavy atom. The molecule has 0 radical (unpaired) electrons. The zero-order valence-electron chi connectivity index (χ0n) is 19.5. The average Bonchev–Trinajstić information content (AvgIpc) is 3.46. The highest BCUT2D eigenvalue weighted by Gasteiger charge is 2.31. The Kier molecular flexibility index (Phi) is 7.67. The number of alkyl carbamates (subject to hydrolysis) is 1. The van der Waals surface area contributed by atoms with E-state index in [4.69, 9.17) is 23.4 Å². The van der Waals surface area contributed by atoms with Crippen molar-refractivity contribution in [3.05, 3.63) is 71.4 Å². The van der Waals surface area contributed by atoms with Crippen LogP contribution in [0.15, 0.2) is 53.1 Å². The lowest BCUT2D eigenvalue weighted by molar-refractivity contribution is -0.123. The molecule has 0 saturated carbocycles. The Morgan fingerprint density at radius 1 is 1.06 bits per heavy atom. The van der Waals surface area contributed by atoms with E-state index in [9.17, 15) is 9.59 Å². The summed E-state index contributed by atoms with van der Waals surface area (Å²) >= 11 is 0. The maximum atomic E-state index is 11.6. The number of rotatable bonds is 11. The number of nitrogens with zero attached hydrogens (tertiary/aromatic N) is 1. The van der Waals surface area contributed by atoms with Gasteiger partial charge in [-0.1, -0.05) is 30.3 Å². The van der Waals surface area contributed by atoms with Crippen molar-refractivity contribution in [3.63, 3.8) is 0 Å². The van der Waals surface area contributed by atoms with Crippen molar-refractivity contribution in [2.24, 2.45) is 0 Å². The van der Waals surface area contributed by atoms with Gasteiger partial charge in [-0.3, -0.25) is 10.1 Å². The Balaban J connectivity index is 1.37. The molecule has 0 spiro atoms. The third kappa shape index (κ3) is 6.20. The summed E-state index contributed by atoms with van der Waals surface area (Å²) in [6.45, 7) is 0.164. The van der Waals surface area contributed by atoms with Crippen LogP contribution in [0.4, 0.5) is 4.79 Å². The molecule has 1 aliphatic heterocycles. The number of nitrogens with one attached hydrogen (secondary N) is 1. The number of hydrogen-bond acceptors (Lipinski definition) is 8. The predicted octanol–water partition coefficient (Wildman–Crippen LogP) is 4.40. The number of aryl methyl sites for hydroxylation is 1. The van der Waals surface area contributed by atoms with Gasteiger partial charge >= 0.3 is 6.09 Å². The molecular formula is C26H26N2O7. The minimum absolute atomic E-state index is 0.164. The highest BCUT2D eigenvalue weighted by molar-refractivity contribution is 5.99. The molecule has 2 amide bonds. The Labute approximate surface area is 202 Å². The van der Waals surface area contributed by atoms with Crippen LogP contribution in [-0.2, 0) is 22.6 Å². The molecule has 2 aromatic carbocycles. The molecule has 1 unspecified atom stereocenters. The van der Waals surface area contributed by atoms with E-state index in [0.29, 0.717) is 48.1 Å². The van der Waals surface area contributed by atoms with Crippen molar-refractivity contribution in [1.82, 2.24) is 10.3 Å². The van der Waals surface area contributed by atoms with Gasteiger partial charge in [0.25, 0.3) is 5.91 Å². The molecule has 9 nitrogen and oxygen atoms in total. The van der Waals surface area contributed by atoms with Gasteiger partial charge in [-0.25, -0.2) is 9.78 Å². The maximum absolute atomic E-state index is 11.6. The fourth-order valence-electron chi connectivity index (χ4n) is 3.64. The number of carbonyl (C=O) groups excluding carboxylic acids is 2. The summed E-state index contributed by atoms with van der Waals surface area (Å²) in [6.07, 6.45) is 5.51. The molecule has 1 saturated heterocycles. The molecule has 182 valence electrons. The molecule has 0 bridgehead atoms. The molecule has 0 aliphatic carbocycles. The number of oxazole rings is 1. The Bertz CT molecular complexity index is 1180. The normalized spacial score (nSPS) is 15.2. The van der Waals surface area contributed by atoms with E-state index in [-0.39, 0.29) is 6.61 Å². The van der Waals surface area contributed by atoms with Crippen LogP contribution in [0, 0.1) is 0 Å². The summed E-state index contributed by atoms with van der Waals surface area (Å²) in [5, 5.41) is 2.13. The fraction of sp³-hybridized carbons (Fsp3) is 0.269. The lowest BCUT2D eigenvalue weighted by Gasteiger charge is -2.16. The van der Waals surface area contributed by atoms with Crippen LogP contribution in [0.25, 0.3) is 12.2 Å². The van der Waals surface area contributed by atoms with E-state index in [1.165, 1.54) is 0 Å². The van der Waals surface area contributed by atoms with Crippen molar-refractivity contribution in [2.45, 2.75) is 32.0 Å². The van der Waals surface area contributed by atoms with E-state index < -0.39 is 18.1 Å². The van der Waals surface area contributed by atoms with Gasteiger partial charge in [0.15, 0.2) is 17.6 Å². The average molecular weight is 479 g/mol. The van der Waals surface area contributed by atoms with Crippen LogP contribution in [0.1, 0.15) is 35.6 Å². The zero-order chi connectivity index (χ0) is 24.6. The van der Waals surface area contributed by atoms with Gasteiger partial charge in [-0.05, 0) is 48.6 Å². The van der Waals surface area contributed by atoms with Crippen LogP contribution in [0.3, 0.4) is 0 Å². The number of imide groups is 1. The van der Waals surface area contributed by atoms with E-state index in [0.717, 1.165) is 11.1 Å². The standard InChI is InChI=1S/C26H26N2O7/c1-31-21-13-18(9-6-10-20-25(29)28-26(30)35-20)14-22(32-2)24(21)34-16-19-15-33-23(27-19)12-11-17-7-4-3-5-8-17/h3-5,7-8,11-15,20H,6,9-10,16H2,1-2H3,(H,28,29,30). The number of benzene rings is 2. The second-order valence-corrected chi connectivity index (χ2v) is 7.81. The molecular weight excluding hydrogens is 452 g/mol. The topological polar surface area (TPSA) is 109 Å². The van der Waals surface area contributed by atoms with Gasteiger partial charge in [-0.15, -0.1) is 0 Å². The van der Waals surface area contributed by atoms with E-state index >= 15 is 0 Å². The summed E-state index contributed by atoms with van der Waals surface area (Å²) < 4.78 is 27.5. The predicted molar refractivity (Wildman–Crippen MR) is 127 cm³/mol. The number of cyclic esters (lactones) is 1. The van der Waals surface area contributed by atoms with E-state index in [1.807, 2.05) is 48.5 Å². The molecule has 9 heteroatoms. The fourth-order valence-corrected chi connectivity index (χ4v) is 3.64. The van der Waals surface area contributed by atoms with E-state index in [2.05, 4.69) is 10.3 Å². The minimum atomic E-state index is -0.746. The van der Waals surface area contributed by atoms with Gasteiger partial charge < -0.3 is 23.4 Å². The minimum Gasteiger partial charge on any atom is -0.493 e. The van der Waals surface area contributed by atoms with Crippen LogP contribution in [-0.4, -0.2) is 37.3 Å². The Hall–Kier alpha value is -4.27. The highest BCUT2D eigenvalue weighted by Crippen LogP contribution is 2.39. The molecule has 4 rings (SSSR count). The quantitative estimate of drug-likeness (QED) is 0.432. The number of carbonyl (C=O) groups is 2.